The summed E-state index contributed by atoms with van der Waals surface area (Å²) in [5, 5.41) is 0. The highest BCUT2D eigenvalue weighted by molar-refractivity contribution is 14.1. The molecule has 38 heavy (non-hydrogen) atoms. The molecule has 208 valence electrons. The molecule has 4 rings (SSSR count). The van der Waals surface area contributed by atoms with Gasteiger partial charge in [-0.2, -0.15) is 0 Å². The maximum atomic E-state index is 14.0. The molecular formula is C31H42INO5. The number of Topliss-reactive ketones (excluding diaryl/α,β-unsaturated/α-hetero) is 2. The van der Waals surface area contributed by atoms with Crippen molar-refractivity contribution >= 4 is 34.2 Å². The second kappa shape index (κ2) is 11.3. The molecule has 0 fully saturated rings. The fourth-order valence-corrected chi connectivity index (χ4v) is 7.10. The van der Waals surface area contributed by atoms with E-state index in [0.717, 1.165) is 57.5 Å². The van der Waals surface area contributed by atoms with Gasteiger partial charge in [0.2, 0.25) is 0 Å². The maximum absolute atomic E-state index is 14.0. The molecule has 1 aromatic rings. The van der Waals surface area contributed by atoms with Crippen LogP contribution in [0.25, 0.3) is 0 Å². The minimum atomic E-state index is -0.394. The van der Waals surface area contributed by atoms with E-state index in [4.69, 9.17) is 14.2 Å². The number of halogens is 1. The Hall–Kier alpha value is -1.87. The molecule has 0 saturated heterocycles. The molecule has 2 aliphatic carbocycles. The van der Waals surface area contributed by atoms with Crippen LogP contribution in [0.3, 0.4) is 0 Å². The molecule has 0 aromatic heterocycles. The Morgan fingerprint density at radius 2 is 1.45 bits per heavy atom. The number of benzene rings is 1. The molecule has 0 saturated carbocycles. The van der Waals surface area contributed by atoms with Crippen LogP contribution in [0.2, 0.25) is 0 Å². The lowest BCUT2D eigenvalue weighted by Gasteiger charge is -2.49. The van der Waals surface area contributed by atoms with E-state index in [2.05, 4.69) is 61.3 Å². The standard InChI is InChI=1S/C31H42INO5/c1-8-37-25-14-19(13-20(32)29(25)38-9-2)26-27-21(15-30(3,4)17-23(27)34)33(11-10-12-36-7)22-16-31(5,6)18-24(35)28(22)26/h13-14,26H,8-12,15-18H2,1-7H3. The lowest BCUT2D eigenvalue weighted by Crippen LogP contribution is -2.44. The third-order valence-electron chi connectivity index (χ3n) is 7.71. The molecule has 0 amide bonds. The van der Waals surface area contributed by atoms with E-state index >= 15 is 0 Å². The van der Waals surface area contributed by atoms with Crippen LogP contribution in [-0.4, -0.2) is 49.9 Å². The van der Waals surface area contributed by atoms with Crippen LogP contribution in [0.15, 0.2) is 34.7 Å². The van der Waals surface area contributed by atoms with Gasteiger partial charge < -0.3 is 19.1 Å². The third kappa shape index (κ3) is 5.69. The number of rotatable bonds is 9. The zero-order chi connectivity index (χ0) is 27.8. The number of nitrogens with zero attached hydrogens (tertiary/aromatic N) is 1. The van der Waals surface area contributed by atoms with Gasteiger partial charge in [0.25, 0.3) is 0 Å². The van der Waals surface area contributed by atoms with Crippen molar-refractivity contribution in [1.29, 1.82) is 0 Å². The van der Waals surface area contributed by atoms with Crippen molar-refractivity contribution < 1.29 is 23.8 Å². The summed E-state index contributed by atoms with van der Waals surface area (Å²) < 4.78 is 18.3. The lowest BCUT2D eigenvalue weighted by molar-refractivity contribution is -0.119. The first-order chi connectivity index (χ1) is 17.9. The highest BCUT2D eigenvalue weighted by Crippen LogP contribution is 2.55. The van der Waals surface area contributed by atoms with E-state index < -0.39 is 5.92 Å². The number of hydrogen-bond donors (Lipinski definition) is 0. The monoisotopic (exact) mass is 635 g/mol. The van der Waals surface area contributed by atoms with Crippen molar-refractivity contribution in [3.8, 4) is 11.5 Å². The predicted molar refractivity (Wildman–Crippen MR) is 158 cm³/mol. The van der Waals surface area contributed by atoms with Crippen LogP contribution in [-0.2, 0) is 14.3 Å². The van der Waals surface area contributed by atoms with E-state index in [1.807, 2.05) is 19.9 Å². The number of hydrogen-bond acceptors (Lipinski definition) is 6. The number of allylic oxidation sites excluding steroid dienone is 4. The number of ketones is 2. The van der Waals surface area contributed by atoms with Gasteiger partial charge in [-0.3, -0.25) is 9.59 Å². The number of ether oxygens (including phenoxy) is 3. The fraction of sp³-hybridized carbons (Fsp3) is 0.613. The van der Waals surface area contributed by atoms with Gasteiger partial charge in [0, 0.05) is 61.6 Å². The highest BCUT2D eigenvalue weighted by atomic mass is 127. The summed E-state index contributed by atoms with van der Waals surface area (Å²) in [6, 6.07) is 4.08. The summed E-state index contributed by atoms with van der Waals surface area (Å²) in [7, 11) is 1.71. The summed E-state index contributed by atoms with van der Waals surface area (Å²) in [4.78, 5) is 30.3. The van der Waals surface area contributed by atoms with Gasteiger partial charge in [-0.15, -0.1) is 0 Å². The Labute approximate surface area is 241 Å². The first-order valence-electron chi connectivity index (χ1n) is 13.8. The van der Waals surface area contributed by atoms with Gasteiger partial charge in [0.05, 0.1) is 16.8 Å². The topological polar surface area (TPSA) is 65.1 Å². The Balaban J connectivity index is 1.98. The Morgan fingerprint density at radius 3 is 1.95 bits per heavy atom. The van der Waals surface area contributed by atoms with E-state index in [1.54, 1.807) is 7.11 Å². The molecule has 0 spiro atoms. The Kier molecular flexibility index (Phi) is 8.67. The maximum Gasteiger partial charge on any atom is 0.174 e. The van der Waals surface area contributed by atoms with Crippen molar-refractivity contribution in [3.63, 3.8) is 0 Å². The molecule has 0 unspecified atom stereocenters. The smallest absolute Gasteiger partial charge is 0.174 e. The third-order valence-corrected chi connectivity index (χ3v) is 8.51. The minimum absolute atomic E-state index is 0.143. The van der Waals surface area contributed by atoms with Crippen molar-refractivity contribution in [3.05, 3.63) is 43.8 Å². The average Bonchev–Trinajstić information content (AvgIpc) is 2.80. The molecular weight excluding hydrogens is 593 g/mol. The second-order valence-corrected chi connectivity index (χ2v) is 13.4. The first-order valence-corrected chi connectivity index (χ1v) is 14.9. The molecule has 0 atom stereocenters. The lowest BCUT2D eigenvalue weighted by atomic mass is 9.63. The van der Waals surface area contributed by atoms with E-state index in [1.165, 1.54) is 0 Å². The van der Waals surface area contributed by atoms with Crippen molar-refractivity contribution in [2.24, 2.45) is 10.8 Å². The highest BCUT2D eigenvalue weighted by Gasteiger charge is 2.49. The zero-order valence-corrected chi connectivity index (χ0v) is 26.1. The SMILES string of the molecule is CCOc1cc(C2C3=C(CC(C)(C)CC3=O)N(CCCOC)C3=C2C(=O)CC(C)(C)C3)cc(I)c1OCC. The summed E-state index contributed by atoms with van der Waals surface area (Å²) in [5.74, 6) is 1.27. The van der Waals surface area contributed by atoms with Gasteiger partial charge in [-0.1, -0.05) is 27.7 Å². The van der Waals surface area contributed by atoms with Crippen LogP contribution < -0.4 is 9.47 Å². The van der Waals surface area contributed by atoms with E-state index in [-0.39, 0.29) is 22.4 Å². The van der Waals surface area contributed by atoms with Crippen molar-refractivity contribution in [1.82, 2.24) is 4.90 Å². The van der Waals surface area contributed by atoms with Crippen molar-refractivity contribution in [2.75, 3.05) is 33.5 Å². The van der Waals surface area contributed by atoms with Crippen LogP contribution in [0, 0.1) is 14.4 Å². The molecule has 1 aromatic carbocycles. The summed E-state index contributed by atoms with van der Waals surface area (Å²) in [5.41, 5.74) is 4.38. The molecule has 6 nitrogen and oxygen atoms in total. The molecule has 0 bridgehead atoms. The molecule has 0 N–H and O–H groups in total. The van der Waals surface area contributed by atoms with Crippen molar-refractivity contribution in [2.45, 2.75) is 79.6 Å². The fourth-order valence-electron chi connectivity index (χ4n) is 6.32. The quantitative estimate of drug-likeness (QED) is 0.220. The number of carbonyl (C=O) groups is 2. The van der Waals surface area contributed by atoms with Crippen LogP contribution in [0.1, 0.15) is 85.1 Å². The predicted octanol–water partition coefficient (Wildman–Crippen LogP) is 6.81. The van der Waals surface area contributed by atoms with Crippen LogP contribution >= 0.6 is 22.6 Å². The average molecular weight is 636 g/mol. The summed E-state index contributed by atoms with van der Waals surface area (Å²) in [6.07, 6.45) is 3.38. The van der Waals surface area contributed by atoms with Gasteiger partial charge >= 0.3 is 0 Å². The van der Waals surface area contributed by atoms with Gasteiger partial charge in [-0.25, -0.2) is 0 Å². The first kappa shape index (κ1) is 29.1. The molecule has 1 heterocycles. The van der Waals surface area contributed by atoms with Gasteiger partial charge in [0.1, 0.15) is 0 Å². The molecule has 0 radical (unpaired) electrons. The summed E-state index contributed by atoms with van der Waals surface area (Å²) >= 11 is 2.28. The largest absolute Gasteiger partial charge is 0.490 e. The van der Waals surface area contributed by atoms with E-state index in [0.29, 0.717) is 44.2 Å². The van der Waals surface area contributed by atoms with E-state index in [9.17, 15) is 9.59 Å². The molecule has 7 heteroatoms. The Bertz CT molecular complexity index is 1120. The normalized spacial score (nSPS) is 21.0. The summed E-state index contributed by atoms with van der Waals surface area (Å²) in [6.45, 7) is 15.0. The number of methoxy groups -OCH3 is 1. The molecule has 3 aliphatic rings. The van der Waals surface area contributed by atoms with Gasteiger partial charge in [-0.05, 0) is 84.2 Å². The Morgan fingerprint density at radius 1 is 0.895 bits per heavy atom. The minimum Gasteiger partial charge on any atom is -0.490 e. The van der Waals surface area contributed by atoms with Crippen LogP contribution in [0.5, 0.6) is 11.5 Å². The second-order valence-electron chi connectivity index (χ2n) is 12.2. The molecule has 1 aliphatic heterocycles. The van der Waals surface area contributed by atoms with Crippen LogP contribution in [0.4, 0.5) is 0 Å². The zero-order valence-electron chi connectivity index (χ0n) is 24.0. The van der Waals surface area contributed by atoms with Gasteiger partial charge in [0.15, 0.2) is 23.1 Å². The number of carbonyl (C=O) groups excluding carboxylic acids is 2.